The van der Waals surface area contributed by atoms with E-state index in [1.807, 2.05) is 6.92 Å². The first-order chi connectivity index (χ1) is 50.2. The number of hydrogen-bond acceptors (Lipinski definition) is 36. The van der Waals surface area contributed by atoms with Crippen molar-refractivity contribution in [3.05, 3.63) is 11.6 Å². The van der Waals surface area contributed by atoms with Gasteiger partial charge in [-0.25, -0.2) is 0 Å². The molecule has 616 valence electrons. The Hall–Kier alpha value is -2.15. The van der Waals surface area contributed by atoms with Gasteiger partial charge in [-0.05, 0) is 118 Å². The number of allylic oxidation sites excluding steroid dienone is 2. The lowest BCUT2D eigenvalue weighted by Crippen LogP contribution is -2.69. The summed E-state index contributed by atoms with van der Waals surface area (Å²) in [5.74, 6) is -1.94. The summed E-state index contributed by atoms with van der Waals surface area (Å²) in [6.45, 7) is 13.5. The third kappa shape index (κ3) is 14.6. The zero-order valence-electron chi connectivity index (χ0n) is 61.5. The molecule has 12 rings (SSSR count). The number of fused-ring (bicyclic) bond motifs is 7. The molecule has 7 saturated heterocycles. The van der Waals surface area contributed by atoms with Gasteiger partial charge in [-0.15, -0.1) is 0 Å². The van der Waals surface area contributed by atoms with Gasteiger partial charge in [0.25, 0.3) is 0 Å². The SMILES string of the molecule is C[C@@H]1O[C@@H](O[C@H]2[C@H](O)[C@@H](O[C@@H]3O[C@H](C)[C@@H](O)[C@H](O)[C@H]3O)[C@H](OC[C@H]3O[C@@H](OC(=O)[C@]45CCC(C)(C)C[C@H]4C4=CC[C@@H]6[C@@]7(C)CC[C@H](O[C@@H]8OC[C@H](O)[C@H](O)[C@H]8O[C@@H]8O[C@@H](C)[C@H](O)[C@@H](O[C@@H]9O[C@H](CO)[C@@H](O)[C@H](O)[C@H]9O)[C@H]8O)[C@@](C)(CO)[C@@H]7CC[C@@]6(C)[C@]4(C)C[C@H]5O)[C@H](O)[C@@H](O)[C@@H]3O)O[C@@H]2CO)[C@H](O)[C@H](O)[C@H]1O. The Morgan fingerprint density at radius 2 is 0.963 bits per heavy atom. The van der Waals surface area contributed by atoms with Gasteiger partial charge >= 0.3 is 5.97 Å². The van der Waals surface area contributed by atoms with Crippen LogP contribution in [0.5, 0.6) is 0 Å². The highest BCUT2D eigenvalue weighted by atomic mass is 16.8. The number of carbonyl (C=O) groups excluding carboxylic acids is 1. The van der Waals surface area contributed by atoms with E-state index in [0.717, 1.165) is 5.57 Å². The summed E-state index contributed by atoms with van der Waals surface area (Å²) in [5, 5.41) is 233. The normalized spacial score (nSPS) is 55.8. The monoisotopic (exact) mass is 1540 g/mol. The van der Waals surface area contributed by atoms with Gasteiger partial charge < -0.3 is 174 Å². The summed E-state index contributed by atoms with van der Waals surface area (Å²) in [4.78, 5) is 15.6. The summed E-state index contributed by atoms with van der Waals surface area (Å²) < 4.78 is 84.1. The molecule has 5 aliphatic carbocycles. The lowest BCUT2D eigenvalue weighted by atomic mass is 9.33. The molecule has 36 heteroatoms. The minimum absolute atomic E-state index is 0.0803. The molecular formula is C71H116O36. The van der Waals surface area contributed by atoms with Gasteiger partial charge in [0.05, 0.1) is 63.6 Å². The Kier molecular flexibility index (Phi) is 25.0. The molecule has 7 heterocycles. The van der Waals surface area contributed by atoms with Crippen LogP contribution in [0.2, 0.25) is 0 Å². The molecule has 0 aromatic heterocycles. The number of hydrogen-bond donors (Lipinski definition) is 21. The second-order valence-electron chi connectivity index (χ2n) is 34.2. The molecule has 12 aliphatic rings. The largest absolute Gasteiger partial charge is 0.432 e. The fourth-order valence-electron chi connectivity index (χ4n) is 20.5. The van der Waals surface area contributed by atoms with Crippen molar-refractivity contribution in [2.75, 3.05) is 33.0 Å². The van der Waals surface area contributed by atoms with Crippen LogP contribution in [0.4, 0.5) is 0 Å². The van der Waals surface area contributed by atoms with E-state index in [4.69, 9.17) is 66.3 Å². The number of aliphatic hydroxyl groups is 21. The Morgan fingerprint density at radius 3 is 1.55 bits per heavy atom. The fourth-order valence-corrected chi connectivity index (χ4v) is 20.5. The number of rotatable bonds is 18. The van der Waals surface area contributed by atoms with Crippen LogP contribution in [0.25, 0.3) is 0 Å². The highest BCUT2D eigenvalue weighted by Crippen LogP contribution is 2.76. The van der Waals surface area contributed by atoms with Crippen molar-refractivity contribution in [3.8, 4) is 0 Å². The number of aliphatic hydroxyl groups excluding tert-OH is 21. The number of carbonyl (C=O) groups is 1. The van der Waals surface area contributed by atoms with Gasteiger partial charge in [0.1, 0.15) is 152 Å². The topological polar surface area (TPSA) is 571 Å². The quantitative estimate of drug-likeness (QED) is 0.0344. The van der Waals surface area contributed by atoms with Crippen molar-refractivity contribution in [2.24, 2.45) is 50.2 Å². The molecule has 0 aromatic carbocycles. The zero-order valence-corrected chi connectivity index (χ0v) is 61.5. The van der Waals surface area contributed by atoms with Crippen LogP contribution in [-0.2, 0) is 71.1 Å². The van der Waals surface area contributed by atoms with E-state index in [1.54, 1.807) is 0 Å². The first-order valence-electron chi connectivity index (χ1n) is 37.6. The smallest absolute Gasteiger partial charge is 0.317 e. The molecule has 107 heavy (non-hydrogen) atoms. The van der Waals surface area contributed by atoms with Crippen molar-refractivity contribution in [3.63, 3.8) is 0 Å². The molecule has 0 amide bonds. The minimum Gasteiger partial charge on any atom is -0.432 e. The lowest BCUT2D eigenvalue weighted by Gasteiger charge is -2.72. The maximum absolute atomic E-state index is 15.6. The maximum atomic E-state index is 15.6. The van der Waals surface area contributed by atoms with Crippen LogP contribution in [0.15, 0.2) is 11.6 Å². The van der Waals surface area contributed by atoms with Gasteiger partial charge in [-0.1, -0.05) is 53.2 Å². The Morgan fingerprint density at radius 1 is 0.458 bits per heavy atom. The third-order valence-electron chi connectivity index (χ3n) is 27.4. The second-order valence-corrected chi connectivity index (χ2v) is 34.2. The Balaban J connectivity index is 0.752. The van der Waals surface area contributed by atoms with Gasteiger partial charge in [0.15, 0.2) is 37.7 Å². The van der Waals surface area contributed by atoms with Crippen LogP contribution in [0, 0.1) is 50.2 Å². The highest BCUT2D eigenvalue weighted by Gasteiger charge is 2.73. The molecule has 0 bridgehead atoms. The van der Waals surface area contributed by atoms with Gasteiger partial charge in [-0.3, -0.25) is 4.79 Å². The maximum Gasteiger partial charge on any atom is 0.317 e. The molecule has 36 nitrogen and oxygen atoms in total. The van der Waals surface area contributed by atoms with Crippen molar-refractivity contribution in [2.45, 2.75) is 341 Å². The zero-order chi connectivity index (χ0) is 78.2. The second kappa shape index (κ2) is 31.8. The van der Waals surface area contributed by atoms with Crippen LogP contribution < -0.4 is 0 Å². The average molecular weight is 1550 g/mol. The van der Waals surface area contributed by atoms with E-state index in [0.29, 0.717) is 44.9 Å². The number of esters is 1. The lowest BCUT2D eigenvalue weighted by molar-refractivity contribution is -0.388. The molecule has 7 aliphatic heterocycles. The first-order valence-corrected chi connectivity index (χ1v) is 37.6. The van der Waals surface area contributed by atoms with E-state index in [9.17, 15) is 107 Å². The molecule has 44 atom stereocenters. The van der Waals surface area contributed by atoms with Crippen LogP contribution in [0.3, 0.4) is 0 Å². The predicted molar refractivity (Wildman–Crippen MR) is 353 cm³/mol. The van der Waals surface area contributed by atoms with Crippen molar-refractivity contribution >= 4 is 5.97 Å². The highest BCUT2D eigenvalue weighted by molar-refractivity contribution is 5.80. The number of ether oxygens (including phenoxy) is 14. The Labute approximate surface area is 618 Å². The molecule has 11 fully saturated rings. The molecular weight excluding hydrogens is 1430 g/mol. The summed E-state index contributed by atoms with van der Waals surface area (Å²) >= 11 is 0. The minimum atomic E-state index is -2.09. The van der Waals surface area contributed by atoms with E-state index in [-0.39, 0.29) is 36.7 Å². The van der Waals surface area contributed by atoms with E-state index >= 15 is 4.79 Å². The summed E-state index contributed by atoms with van der Waals surface area (Å²) in [5.41, 5.74) is -3.97. The standard InChI is InChI=1S/C71H116O36/c1-25-38(77)44(83)48(87)58(96-25)103-54-32(21-73)100-63(57(52(54)91)106-59-49(88)45(84)39(78)26(2)97-59)95-23-33-43(82)47(86)51(90)61(101-33)107-65(93)71-17-16-66(4,5)18-29(71)28-10-11-35-67(6)14-13-37(68(7,24-74)34(67)12-15-69(35,8)70(28,9)19-36(71)76)102-64-56(41(80)30(75)22-94-64)105-62-53(92)55(40(79)27(3)98-62)104-60-50(89)46(85)42(81)31(20-72)99-60/h10,25-27,29-64,72-92H,11-24H2,1-9H3/t25-,26+,27-,29-,30-,31+,32+,33+,34+,35+,36+,37-,38-,39+,40-,41-,42+,43+,44+,45-,46-,47-,48+,49+,50+,51+,52-,53+,54+,55+,56+,57+,58-,59-,60-,61-,62-,63+,64-,67-,68-,69+,70+,71+/m0/s1. The van der Waals surface area contributed by atoms with Gasteiger partial charge in [0.2, 0.25) is 6.29 Å². The van der Waals surface area contributed by atoms with Crippen molar-refractivity contribution in [1.82, 2.24) is 0 Å². The van der Waals surface area contributed by atoms with E-state index < -0.39 is 286 Å². The third-order valence-corrected chi connectivity index (χ3v) is 27.4. The van der Waals surface area contributed by atoms with E-state index in [2.05, 4.69) is 40.7 Å². The van der Waals surface area contributed by atoms with Crippen molar-refractivity contribution in [1.29, 1.82) is 0 Å². The van der Waals surface area contributed by atoms with Crippen molar-refractivity contribution < 1.29 is 178 Å². The predicted octanol–water partition coefficient (Wildman–Crippen LogP) is -6.90. The Bertz CT molecular complexity index is 3050. The summed E-state index contributed by atoms with van der Waals surface area (Å²) in [6.07, 6.45) is -54.8. The molecule has 21 N–H and O–H groups in total. The molecule has 4 saturated carbocycles. The first kappa shape index (κ1) is 84.3. The van der Waals surface area contributed by atoms with Crippen LogP contribution >= 0.6 is 0 Å². The molecule has 0 unspecified atom stereocenters. The van der Waals surface area contributed by atoms with Gasteiger partial charge in [0, 0.05) is 5.41 Å². The fraction of sp³-hybridized carbons (Fsp3) is 0.958. The average Bonchev–Trinajstić information content (AvgIpc) is 0.670. The summed E-state index contributed by atoms with van der Waals surface area (Å²) in [7, 11) is 0. The van der Waals surface area contributed by atoms with Crippen LogP contribution in [0.1, 0.15) is 120 Å². The molecule has 0 spiro atoms. The van der Waals surface area contributed by atoms with Crippen LogP contribution in [-0.4, -0.2) is 367 Å². The molecule has 0 radical (unpaired) electrons. The summed E-state index contributed by atoms with van der Waals surface area (Å²) in [6, 6.07) is 0. The molecule has 0 aromatic rings. The van der Waals surface area contributed by atoms with E-state index in [1.165, 1.54) is 20.8 Å². The van der Waals surface area contributed by atoms with Gasteiger partial charge in [-0.2, -0.15) is 0 Å².